The van der Waals surface area contributed by atoms with E-state index in [1.807, 2.05) is 6.07 Å². The van der Waals surface area contributed by atoms with E-state index in [0.717, 1.165) is 6.07 Å². The molecule has 0 fully saturated rings. The smallest absolute Gasteiger partial charge is 0.312 e. The molecule has 0 saturated carbocycles. The van der Waals surface area contributed by atoms with Crippen molar-refractivity contribution in [1.29, 1.82) is 0 Å². The highest BCUT2D eigenvalue weighted by molar-refractivity contribution is 7.80. The van der Waals surface area contributed by atoms with Gasteiger partial charge in [-0.3, -0.25) is 15.5 Å². The fraction of sp³-hybridized carbons (Fsp3) is 0.0667. The zero-order valence-electron chi connectivity index (χ0n) is 12.9. The first-order valence-corrected chi connectivity index (χ1v) is 7.61. The number of hydrogen-bond donors (Lipinski definition) is 3. The zero-order chi connectivity index (χ0) is 18.4. The number of nitrogens with zero attached hydrogens (tertiary/aromatic N) is 2. The number of phenols is 1. The van der Waals surface area contributed by atoms with E-state index in [-0.39, 0.29) is 15.7 Å². The first-order chi connectivity index (χ1) is 11.9. The number of hydrazone groups is 1. The van der Waals surface area contributed by atoms with Crippen LogP contribution in [0, 0.1) is 10.1 Å². The van der Waals surface area contributed by atoms with Gasteiger partial charge in [0.2, 0.25) is 5.75 Å². The van der Waals surface area contributed by atoms with E-state index in [4.69, 9.17) is 28.6 Å². The van der Waals surface area contributed by atoms with Gasteiger partial charge in [0, 0.05) is 16.7 Å². The molecule has 0 aromatic heterocycles. The minimum atomic E-state index is -0.736. The van der Waals surface area contributed by atoms with Gasteiger partial charge in [-0.1, -0.05) is 23.7 Å². The average molecular weight is 381 g/mol. The van der Waals surface area contributed by atoms with Gasteiger partial charge < -0.3 is 15.2 Å². The van der Waals surface area contributed by atoms with E-state index in [1.54, 1.807) is 18.2 Å². The quantitative estimate of drug-likeness (QED) is 0.316. The largest absolute Gasteiger partial charge is 0.502 e. The molecule has 0 aliphatic heterocycles. The molecule has 0 radical (unpaired) electrons. The number of methoxy groups -OCH3 is 1. The van der Waals surface area contributed by atoms with Gasteiger partial charge in [-0.25, -0.2) is 0 Å². The number of nitro groups is 1. The van der Waals surface area contributed by atoms with Gasteiger partial charge >= 0.3 is 5.69 Å². The van der Waals surface area contributed by atoms with Gasteiger partial charge in [0.05, 0.1) is 23.9 Å². The van der Waals surface area contributed by atoms with Crippen molar-refractivity contribution in [3.63, 3.8) is 0 Å². The van der Waals surface area contributed by atoms with Gasteiger partial charge in [-0.2, -0.15) is 5.10 Å². The summed E-state index contributed by atoms with van der Waals surface area (Å²) >= 11 is 10.9. The van der Waals surface area contributed by atoms with Crippen molar-refractivity contribution in [3.05, 3.63) is 57.1 Å². The lowest BCUT2D eigenvalue weighted by atomic mass is 10.2. The fourth-order valence-electron chi connectivity index (χ4n) is 1.90. The van der Waals surface area contributed by atoms with Crippen molar-refractivity contribution in [2.45, 2.75) is 0 Å². The minimum Gasteiger partial charge on any atom is -0.502 e. The molecule has 3 N–H and O–H groups in total. The molecular weight excluding hydrogens is 368 g/mol. The lowest BCUT2D eigenvalue weighted by molar-refractivity contribution is -0.385. The summed E-state index contributed by atoms with van der Waals surface area (Å²) in [5.74, 6) is 0.0577. The molecule has 0 aliphatic rings. The maximum atomic E-state index is 10.9. The summed E-state index contributed by atoms with van der Waals surface area (Å²) in [5, 5.41) is 27.7. The van der Waals surface area contributed by atoms with Crippen LogP contribution in [0.15, 0.2) is 41.5 Å². The molecule has 2 aromatic rings. The van der Waals surface area contributed by atoms with Crippen molar-refractivity contribution < 1.29 is 14.8 Å². The van der Waals surface area contributed by atoms with Crippen LogP contribution in [0.3, 0.4) is 0 Å². The molecule has 2 rings (SSSR count). The van der Waals surface area contributed by atoms with E-state index in [0.29, 0.717) is 11.4 Å². The molecule has 0 unspecified atom stereocenters. The molecule has 0 heterocycles. The van der Waals surface area contributed by atoms with E-state index < -0.39 is 16.4 Å². The van der Waals surface area contributed by atoms with Gasteiger partial charge in [0.15, 0.2) is 5.11 Å². The first kappa shape index (κ1) is 18.4. The Balaban J connectivity index is 2.08. The predicted molar refractivity (Wildman–Crippen MR) is 99.7 cm³/mol. The zero-order valence-corrected chi connectivity index (χ0v) is 14.5. The van der Waals surface area contributed by atoms with Gasteiger partial charge in [0.1, 0.15) is 5.75 Å². The second-order valence-corrected chi connectivity index (χ2v) is 5.49. The summed E-state index contributed by atoms with van der Waals surface area (Å²) in [4.78, 5) is 10.1. The number of aromatic hydroxyl groups is 1. The topological polar surface area (TPSA) is 109 Å². The number of anilines is 1. The Morgan fingerprint density at radius 3 is 2.84 bits per heavy atom. The number of nitro benzene ring substituents is 1. The van der Waals surface area contributed by atoms with Crippen LogP contribution in [0.2, 0.25) is 5.02 Å². The third-order valence-electron chi connectivity index (χ3n) is 3.01. The van der Waals surface area contributed by atoms with Crippen LogP contribution >= 0.6 is 23.8 Å². The summed E-state index contributed by atoms with van der Waals surface area (Å²) < 4.78 is 5.18. The molecule has 0 atom stereocenters. The van der Waals surface area contributed by atoms with Crippen molar-refractivity contribution in [3.8, 4) is 11.5 Å². The van der Waals surface area contributed by atoms with Gasteiger partial charge in [0.25, 0.3) is 0 Å². The molecule has 2 aromatic carbocycles. The van der Waals surface area contributed by atoms with Crippen LogP contribution in [-0.4, -0.2) is 28.5 Å². The number of phenolic OH excluding ortho intramolecular Hbond substituents is 1. The molecule has 25 heavy (non-hydrogen) atoms. The molecule has 8 nitrogen and oxygen atoms in total. The summed E-state index contributed by atoms with van der Waals surface area (Å²) in [5.41, 5.74) is 2.74. The van der Waals surface area contributed by atoms with Gasteiger partial charge in [-0.05, 0) is 30.4 Å². The highest BCUT2D eigenvalue weighted by atomic mass is 35.5. The van der Waals surface area contributed by atoms with Crippen LogP contribution < -0.4 is 15.5 Å². The standard InChI is InChI=1S/C15H13ClN4O4S/c1-24-13-5-3-2-4-11(13)18-15(25)19-17-8-9-6-10(16)7-12(14(9)21)20(22)23/h2-8,21H,1H3,(H2,18,19,25)/b17-8-. The number of benzene rings is 2. The number of halogens is 1. The molecule has 10 heteroatoms. The molecular formula is C15H13ClN4O4S. The Kier molecular flexibility index (Phi) is 6.09. The molecule has 0 bridgehead atoms. The number of nitrogens with one attached hydrogen (secondary N) is 2. The second-order valence-electron chi connectivity index (χ2n) is 4.64. The van der Waals surface area contributed by atoms with E-state index in [9.17, 15) is 15.2 Å². The molecule has 0 aliphatic carbocycles. The van der Waals surface area contributed by atoms with E-state index in [1.165, 1.54) is 19.4 Å². The first-order valence-electron chi connectivity index (χ1n) is 6.82. The highest BCUT2D eigenvalue weighted by Gasteiger charge is 2.17. The van der Waals surface area contributed by atoms with Crippen LogP contribution in [0.5, 0.6) is 11.5 Å². The van der Waals surface area contributed by atoms with Crippen molar-refractivity contribution in [2.75, 3.05) is 12.4 Å². The summed E-state index contributed by atoms with van der Waals surface area (Å²) in [6.45, 7) is 0. The molecule has 130 valence electrons. The maximum absolute atomic E-state index is 10.9. The number of hydrogen-bond acceptors (Lipinski definition) is 6. The van der Waals surface area contributed by atoms with E-state index in [2.05, 4.69) is 15.8 Å². The van der Waals surface area contributed by atoms with Crippen LogP contribution in [0.1, 0.15) is 5.56 Å². The number of thiocarbonyl (C=S) groups is 1. The number of rotatable bonds is 5. The second kappa shape index (κ2) is 8.27. The fourth-order valence-corrected chi connectivity index (χ4v) is 2.29. The van der Waals surface area contributed by atoms with Crippen LogP contribution in [0.25, 0.3) is 0 Å². The Labute approximate surface area is 153 Å². The van der Waals surface area contributed by atoms with Crippen molar-refractivity contribution in [2.24, 2.45) is 5.10 Å². The molecule has 0 spiro atoms. The van der Waals surface area contributed by atoms with E-state index >= 15 is 0 Å². The normalized spacial score (nSPS) is 10.5. The highest BCUT2D eigenvalue weighted by Crippen LogP contribution is 2.32. The van der Waals surface area contributed by atoms with Crippen LogP contribution in [0.4, 0.5) is 11.4 Å². The third kappa shape index (κ3) is 4.78. The lowest BCUT2D eigenvalue weighted by Crippen LogP contribution is -2.24. The lowest BCUT2D eigenvalue weighted by Gasteiger charge is -2.10. The van der Waals surface area contributed by atoms with Crippen LogP contribution in [-0.2, 0) is 0 Å². The number of para-hydroxylation sites is 2. The maximum Gasteiger partial charge on any atom is 0.312 e. The van der Waals surface area contributed by atoms with Gasteiger partial charge in [-0.15, -0.1) is 0 Å². The minimum absolute atomic E-state index is 0.0757. The summed E-state index contributed by atoms with van der Waals surface area (Å²) in [6.07, 6.45) is 1.17. The molecule has 0 amide bonds. The Morgan fingerprint density at radius 1 is 1.44 bits per heavy atom. The summed E-state index contributed by atoms with van der Waals surface area (Å²) in [6, 6.07) is 9.54. The predicted octanol–water partition coefficient (Wildman–Crippen LogP) is 3.28. The Morgan fingerprint density at radius 2 is 2.16 bits per heavy atom. The SMILES string of the molecule is COc1ccccc1NC(=S)N/N=C\c1cc(Cl)cc([N+](=O)[O-])c1O. The average Bonchev–Trinajstić information content (AvgIpc) is 2.57. The van der Waals surface area contributed by atoms with Crippen molar-refractivity contribution >= 4 is 46.5 Å². The summed E-state index contributed by atoms with van der Waals surface area (Å²) in [7, 11) is 1.53. The Hall–Kier alpha value is -2.91. The molecule has 0 saturated heterocycles. The monoisotopic (exact) mass is 380 g/mol. The Bertz CT molecular complexity index is 844. The number of ether oxygens (including phenoxy) is 1. The van der Waals surface area contributed by atoms with Crippen molar-refractivity contribution in [1.82, 2.24) is 5.43 Å². The third-order valence-corrected chi connectivity index (χ3v) is 3.42.